The minimum Gasteiger partial charge on any atom is -0.444 e. The van der Waals surface area contributed by atoms with Crippen LogP contribution in [0.2, 0.25) is 0 Å². The fraction of sp³-hybridized carbons (Fsp3) is 0.622. The molecule has 2 aliphatic heterocycles. The molecule has 0 radical (unpaired) electrons. The number of rotatable bonds is 4. The fourth-order valence-electron chi connectivity index (χ4n) is 9.18. The summed E-state index contributed by atoms with van der Waals surface area (Å²) in [7, 11) is 0. The number of likely N-dealkylation sites (tertiary alicyclic amines) is 1. The monoisotopic (exact) mass is 713 g/mol. The summed E-state index contributed by atoms with van der Waals surface area (Å²) in [6, 6.07) is 2.06. The number of fused-ring (bicyclic) bond motifs is 5. The Morgan fingerprint density at radius 1 is 1.18 bits per heavy atom. The van der Waals surface area contributed by atoms with Crippen LogP contribution < -0.4 is 10.6 Å². The number of carbonyl (C=O) groups excluding carboxylic acids is 1. The van der Waals surface area contributed by atoms with Crippen LogP contribution in [-0.2, 0) is 23.0 Å². The second kappa shape index (κ2) is 12.2. The predicted octanol–water partition coefficient (Wildman–Crippen LogP) is 6.27. The number of hydrogen-bond donors (Lipinski definition) is 2. The van der Waals surface area contributed by atoms with Crippen LogP contribution >= 0.6 is 11.3 Å². The zero-order valence-corrected chi connectivity index (χ0v) is 31.0. The maximum absolute atomic E-state index is 13.3. The third-order valence-electron chi connectivity index (χ3n) is 11.3. The number of aliphatic hydroxyl groups is 1. The highest BCUT2D eigenvalue weighted by atomic mass is 32.1. The van der Waals surface area contributed by atoms with E-state index >= 15 is 0 Å². The Bertz CT molecular complexity index is 2050. The van der Waals surface area contributed by atoms with Gasteiger partial charge in [0.1, 0.15) is 22.5 Å². The molecule has 51 heavy (non-hydrogen) atoms. The number of β-amino-alcohol motifs (C(OH)–C–C–N with tert-alkyl or cyclic N) is 1. The predicted molar refractivity (Wildman–Crippen MR) is 194 cm³/mol. The van der Waals surface area contributed by atoms with Gasteiger partial charge in [0.05, 0.1) is 40.2 Å². The average Bonchev–Trinajstić information content (AvgIpc) is 3.87. The van der Waals surface area contributed by atoms with Crippen molar-refractivity contribution in [1.82, 2.24) is 29.8 Å². The maximum atomic E-state index is 13.3. The van der Waals surface area contributed by atoms with Crippen molar-refractivity contribution in [1.29, 1.82) is 5.26 Å². The SMILES string of the molecule is C[C@@H]([C@@H]1CCCN1C(=O)OC(C)(C)C)n1ncc2c(N3CCC[C@@](C)(O)C3)nc(-c3noc4c3CCC[C@@]43CCCc4sc(N)c(C#N)c43)nc21. The molecule has 0 saturated carbocycles. The van der Waals surface area contributed by atoms with E-state index in [0.29, 0.717) is 53.1 Å². The lowest BCUT2D eigenvalue weighted by Gasteiger charge is -2.39. The van der Waals surface area contributed by atoms with Gasteiger partial charge in [-0.2, -0.15) is 10.4 Å². The van der Waals surface area contributed by atoms with Crippen LogP contribution in [0.4, 0.5) is 15.6 Å². The van der Waals surface area contributed by atoms with Gasteiger partial charge in [-0.25, -0.2) is 19.4 Å². The van der Waals surface area contributed by atoms with Gasteiger partial charge in [-0.15, -0.1) is 11.3 Å². The Morgan fingerprint density at radius 2 is 1.96 bits per heavy atom. The third kappa shape index (κ3) is 5.64. The first-order chi connectivity index (χ1) is 24.3. The van der Waals surface area contributed by atoms with E-state index < -0.39 is 16.6 Å². The fourth-order valence-corrected chi connectivity index (χ4v) is 10.3. The average molecular weight is 714 g/mol. The molecule has 0 aromatic carbocycles. The molecule has 6 heterocycles. The summed E-state index contributed by atoms with van der Waals surface area (Å²) in [6.45, 7) is 11.4. The molecular weight excluding hydrogens is 667 g/mol. The minimum absolute atomic E-state index is 0.131. The lowest BCUT2D eigenvalue weighted by Crippen LogP contribution is -2.46. The molecule has 13 nitrogen and oxygen atoms in total. The van der Waals surface area contributed by atoms with Crippen molar-refractivity contribution in [3.63, 3.8) is 0 Å². The smallest absolute Gasteiger partial charge is 0.410 e. The molecule has 2 aliphatic carbocycles. The second-order valence-electron chi connectivity index (χ2n) is 16.2. The standard InChI is InChI=1S/C37H47N9O4S/c1-21(25-11-8-17-45(25)34(47)49-35(2,3)4)46-33-24(19-40-46)32(44-16-9-13-36(5,48)20-44)41-31(42-33)28-22-10-6-14-37(29(22)50-43-28)15-7-12-26-27(37)23(18-38)30(39)51-26/h19,21,25,48H,6-17,20,39H2,1-5H3/t21-,25-,36+,37-/m0/s1. The number of nitriles is 1. The highest BCUT2D eigenvalue weighted by molar-refractivity contribution is 7.16. The van der Waals surface area contributed by atoms with Gasteiger partial charge < -0.3 is 29.9 Å². The number of carbonyl (C=O) groups is 1. The van der Waals surface area contributed by atoms with E-state index in [0.717, 1.165) is 86.6 Å². The van der Waals surface area contributed by atoms with Crippen LogP contribution in [-0.4, -0.2) is 77.9 Å². The number of hydrogen-bond acceptors (Lipinski definition) is 12. The Kier molecular flexibility index (Phi) is 8.10. The van der Waals surface area contributed by atoms with Crippen LogP contribution in [0.25, 0.3) is 22.6 Å². The van der Waals surface area contributed by atoms with Crippen LogP contribution in [0.15, 0.2) is 10.7 Å². The van der Waals surface area contributed by atoms with Crippen molar-refractivity contribution in [2.75, 3.05) is 30.3 Å². The van der Waals surface area contributed by atoms with E-state index in [1.165, 1.54) is 16.2 Å². The van der Waals surface area contributed by atoms with Gasteiger partial charge in [-0.3, -0.25) is 0 Å². The zero-order chi connectivity index (χ0) is 35.9. The van der Waals surface area contributed by atoms with Gasteiger partial charge >= 0.3 is 6.09 Å². The number of nitrogens with two attached hydrogens (primary N) is 1. The number of anilines is 2. The largest absolute Gasteiger partial charge is 0.444 e. The Hall–Kier alpha value is -4.22. The minimum atomic E-state index is -0.865. The summed E-state index contributed by atoms with van der Waals surface area (Å²) >= 11 is 1.53. The molecule has 0 bridgehead atoms. The lowest BCUT2D eigenvalue weighted by atomic mass is 9.63. The molecule has 3 N–H and O–H groups in total. The van der Waals surface area contributed by atoms with E-state index in [1.54, 1.807) is 0 Å². The van der Waals surface area contributed by atoms with Gasteiger partial charge in [0.25, 0.3) is 0 Å². The van der Waals surface area contributed by atoms with Crippen molar-refractivity contribution < 1.29 is 19.2 Å². The van der Waals surface area contributed by atoms with Crippen molar-refractivity contribution in [2.45, 2.75) is 128 Å². The molecule has 4 aliphatic rings. The molecule has 8 rings (SSSR count). The first-order valence-electron chi connectivity index (χ1n) is 18.3. The first-order valence-corrected chi connectivity index (χ1v) is 19.2. The number of nitrogen functional groups attached to an aromatic ring is 1. The van der Waals surface area contributed by atoms with Crippen LogP contribution in [0.3, 0.4) is 0 Å². The van der Waals surface area contributed by atoms with Gasteiger partial charge in [0.2, 0.25) is 0 Å². The molecule has 2 saturated heterocycles. The maximum Gasteiger partial charge on any atom is 0.410 e. The molecule has 4 atom stereocenters. The first kappa shape index (κ1) is 33.9. The number of nitrogens with zero attached hydrogens (tertiary/aromatic N) is 8. The number of piperidine rings is 1. The summed E-state index contributed by atoms with van der Waals surface area (Å²) in [4.78, 5) is 28.8. The summed E-state index contributed by atoms with van der Waals surface area (Å²) in [5.41, 5.74) is 8.28. The third-order valence-corrected chi connectivity index (χ3v) is 12.4. The van der Waals surface area contributed by atoms with Crippen molar-refractivity contribution >= 4 is 39.3 Å². The lowest BCUT2D eigenvalue weighted by molar-refractivity contribution is 0.0185. The molecule has 14 heteroatoms. The number of aryl methyl sites for hydroxylation is 1. The highest BCUT2D eigenvalue weighted by Gasteiger charge is 2.49. The van der Waals surface area contributed by atoms with Crippen molar-refractivity contribution in [3.05, 3.63) is 33.5 Å². The van der Waals surface area contributed by atoms with Crippen LogP contribution in [0, 0.1) is 11.3 Å². The van der Waals surface area contributed by atoms with E-state index in [9.17, 15) is 15.2 Å². The van der Waals surface area contributed by atoms with E-state index in [4.69, 9.17) is 35.2 Å². The summed E-state index contributed by atoms with van der Waals surface area (Å²) in [5.74, 6) is 1.94. The van der Waals surface area contributed by atoms with Crippen molar-refractivity contribution in [3.8, 4) is 17.6 Å². The summed E-state index contributed by atoms with van der Waals surface area (Å²) in [6.07, 6.45) is 9.98. The Morgan fingerprint density at radius 3 is 2.71 bits per heavy atom. The highest BCUT2D eigenvalue weighted by Crippen LogP contribution is 2.55. The molecule has 270 valence electrons. The summed E-state index contributed by atoms with van der Waals surface area (Å²) in [5, 5.41) is 32.3. The van der Waals surface area contributed by atoms with E-state index in [2.05, 4.69) is 17.9 Å². The summed E-state index contributed by atoms with van der Waals surface area (Å²) < 4.78 is 14.0. The molecule has 4 aromatic heterocycles. The number of ether oxygens (including phenoxy) is 1. The van der Waals surface area contributed by atoms with Crippen LogP contribution in [0.1, 0.15) is 119 Å². The van der Waals surface area contributed by atoms with Crippen LogP contribution in [0.5, 0.6) is 0 Å². The number of thiophene rings is 1. The molecule has 4 aromatic rings. The quantitative estimate of drug-likeness (QED) is 0.244. The molecule has 1 amide bonds. The van der Waals surface area contributed by atoms with Gasteiger partial charge in [-0.05, 0) is 104 Å². The normalized spacial score (nSPS) is 25.5. The van der Waals surface area contributed by atoms with Gasteiger partial charge in [-0.1, -0.05) is 5.16 Å². The van der Waals surface area contributed by atoms with E-state index in [-0.39, 0.29) is 18.2 Å². The van der Waals surface area contributed by atoms with Crippen molar-refractivity contribution in [2.24, 2.45) is 0 Å². The topological polar surface area (TPSA) is 172 Å². The molecular formula is C37H47N9O4S. The van der Waals surface area contributed by atoms with E-state index in [1.807, 2.05) is 43.5 Å². The number of aromatic nitrogens is 5. The van der Waals surface area contributed by atoms with Gasteiger partial charge in [0, 0.05) is 30.1 Å². The Balaban J connectivity index is 1.25. The molecule has 1 spiro atoms. The Labute approximate surface area is 301 Å². The number of amides is 1. The molecule has 2 fully saturated rings. The molecule has 0 unspecified atom stereocenters. The van der Waals surface area contributed by atoms with Gasteiger partial charge in [0.15, 0.2) is 22.9 Å². The second-order valence-corrected chi connectivity index (χ2v) is 17.4. The zero-order valence-electron chi connectivity index (χ0n) is 30.2.